The number of nitrogens with zero attached hydrogens (tertiary/aromatic N) is 3. The van der Waals surface area contributed by atoms with Crippen molar-refractivity contribution < 1.29 is 4.74 Å². The molecular formula is C17H11I2N3O. The van der Waals surface area contributed by atoms with E-state index in [-0.39, 0.29) is 0 Å². The zero-order valence-corrected chi connectivity index (χ0v) is 16.5. The highest BCUT2D eigenvalue weighted by molar-refractivity contribution is 14.1. The highest BCUT2D eigenvalue weighted by atomic mass is 127. The lowest BCUT2D eigenvalue weighted by atomic mass is 10.2. The molecule has 0 amide bonds. The summed E-state index contributed by atoms with van der Waals surface area (Å²) in [6, 6.07) is 13.6. The van der Waals surface area contributed by atoms with Gasteiger partial charge < -0.3 is 4.74 Å². The Morgan fingerprint density at radius 1 is 1.09 bits per heavy atom. The fraction of sp³-hybridized carbons (Fsp3) is 0.118. The van der Waals surface area contributed by atoms with Crippen molar-refractivity contribution in [1.29, 1.82) is 5.26 Å². The third kappa shape index (κ3) is 3.55. The summed E-state index contributed by atoms with van der Waals surface area (Å²) in [4.78, 5) is 9.21. The maximum absolute atomic E-state index is 9.01. The monoisotopic (exact) mass is 527 g/mol. The van der Waals surface area contributed by atoms with Gasteiger partial charge in [0.25, 0.3) is 0 Å². The van der Waals surface area contributed by atoms with Crippen LogP contribution in [0.25, 0.3) is 11.0 Å². The number of para-hydroxylation sites is 2. The Kier molecular flexibility index (Phi) is 4.96. The number of fused-ring (bicyclic) bond motifs is 1. The molecular weight excluding hydrogens is 516 g/mol. The van der Waals surface area contributed by atoms with Crippen LogP contribution < -0.4 is 4.74 Å². The van der Waals surface area contributed by atoms with Gasteiger partial charge in [-0.2, -0.15) is 5.26 Å². The number of aryl methyl sites for hydroxylation is 1. The Hall–Kier alpha value is -1.47. The SMILES string of the molecule is Cc1nc2ccccc2nc1COc1c(I)cc(C#N)cc1I. The number of hydrogen-bond donors (Lipinski definition) is 0. The van der Waals surface area contributed by atoms with E-state index in [4.69, 9.17) is 10.00 Å². The minimum atomic E-state index is 0.349. The molecule has 0 atom stereocenters. The van der Waals surface area contributed by atoms with Crippen LogP contribution >= 0.6 is 45.2 Å². The maximum atomic E-state index is 9.01. The van der Waals surface area contributed by atoms with Crippen LogP contribution in [-0.4, -0.2) is 9.97 Å². The van der Waals surface area contributed by atoms with E-state index in [0.717, 1.165) is 35.3 Å². The van der Waals surface area contributed by atoms with Crippen molar-refractivity contribution >= 4 is 56.2 Å². The summed E-state index contributed by atoms with van der Waals surface area (Å²) in [6.07, 6.45) is 0. The largest absolute Gasteiger partial charge is 0.485 e. The van der Waals surface area contributed by atoms with Gasteiger partial charge in [-0.05, 0) is 76.4 Å². The fourth-order valence-corrected chi connectivity index (χ4v) is 4.24. The predicted molar refractivity (Wildman–Crippen MR) is 105 cm³/mol. The highest BCUT2D eigenvalue weighted by Crippen LogP contribution is 2.29. The molecule has 0 N–H and O–H groups in total. The first kappa shape index (κ1) is 16.4. The molecule has 0 saturated heterocycles. The molecule has 0 saturated carbocycles. The summed E-state index contributed by atoms with van der Waals surface area (Å²) in [7, 11) is 0. The molecule has 0 unspecified atom stereocenters. The van der Waals surface area contributed by atoms with Gasteiger partial charge in [0, 0.05) is 0 Å². The van der Waals surface area contributed by atoms with Gasteiger partial charge in [0.1, 0.15) is 12.4 Å². The second kappa shape index (κ2) is 6.97. The zero-order valence-electron chi connectivity index (χ0n) is 12.2. The van der Waals surface area contributed by atoms with Gasteiger partial charge in [0.2, 0.25) is 0 Å². The minimum absolute atomic E-state index is 0.349. The molecule has 0 aliphatic carbocycles. The molecule has 1 aromatic heterocycles. The number of ether oxygens (including phenoxy) is 1. The molecule has 0 bridgehead atoms. The highest BCUT2D eigenvalue weighted by Gasteiger charge is 2.11. The molecule has 0 fully saturated rings. The van der Waals surface area contributed by atoms with Crippen molar-refractivity contribution in [1.82, 2.24) is 9.97 Å². The Balaban J connectivity index is 1.89. The molecule has 3 rings (SSSR count). The van der Waals surface area contributed by atoms with Crippen LogP contribution in [0.3, 0.4) is 0 Å². The van der Waals surface area contributed by atoms with Crippen LogP contribution in [0, 0.1) is 25.4 Å². The van der Waals surface area contributed by atoms with Crippen LogP contribution in [-0.2, 0) is 6.61 Å². The van der Waals surface area contributed by atoms with Gasteiger partial charge in [-0.15, -0.1) is 0 Å². The van der Waals surface area contributed by atoms with E-state index in [0.29, 0.717) is 12.2 Å². The lowest BCUT2D eigenvalue weighted by Crippen LogP contribution is -2.05. The second-order valence-electron chi connectivity index (χ2n) is 4.91. The summed E-state index contributed by atoms with van der Waals surface area (Å²) >= 11 is 4.37. The average molecular weight is 527 g/mol. The first-order chi connectivity index (χ1) is 11.1. The van der Waals surface area contributed by atoms with Crippen molar-refractivity contribution in [3.63, 3.8) is 0 Å². The van der Waals surface area contributed by atoms with Crippen molar-refractivity contribution in [2.45, 2.75) is 13.5 Å². The van der Waals surface area contributed by atoms with Crippen LogP contribution in [0.15, 0.2) is 36.4 Å². The van der Waals surface area contributed by atoms with Gasteiger partial charge >= 0.3 is 0 Å². The normalized spacial score (nSPS) is 10.5. The van der Waals surface area contributed by atoms with E-state index in [1.807, 2.05) is 43.3 Å². The summed E-state index contributed by atoms with van der Waals surface area (Å²) in [6.45, 7) is 2.29. The molecule has 3 aromatic rings. The smallest absolute Gasteiger partial charge is 0.146 e. The molecule has 1 heterocycles. The van der Waals surface area contributed by atoms with Gasteiger partial charge in [0.05, 0.1) is 41.2 Å². The van der Waals surface area contributed by atoms with E-state index in [2.05, 4.69) is 61.2 Å². The van der Waals surface area contributed by atoms with E-state index < -0.39 is 0 Å². The molecule has 0 aliphatic heterocycles. The molecule has 2 aromatic carbocycles. The quantitative estimate of drug-likeness (QED) is 0.468. The topological polar surface area (TPSA) is 58.8 Å². The molecule has 23 heavy (non-hydrogen) atoms. The standard InChI is InChI=1S/C17H11I2N3O/c1-10-16(22-15-5-3-2-4-14(15)21-10)9-23-17-12(18)6-11(8-20)7-13(17)19/h2-7H,9H2,1H3. The van der Waals surface area contributed by atoms with E-state index >= 15 is 0 Å². The van der Waals surface area contributed by atoms with Gasteiger partial charge in [-0.25, -0.2) is 9.97 Å². The molecule has 0 aliphatic rings. The molecule has 114 valence electrons. The summed E-state index contributed by atoms with van der Waals surface area (Å²) in [5.41, 5.74) is 4.06. The number of rotatable bonds is 3. The van der Waals surface area contributed by atoms with Crippen molar-refractivity contribution in [3.05, 3.63) is 60.5 Å². The Morgan fingerprint density at radius 2 is 1.70 bits per heavy atom. The number of nitriles is 1. The first-order valence-electron chi connectivity index (χ1n) is 6.82. The third-order valence-electron chi connectivity index (χ3n) is 3.32. The van der Waals surface area contributed by atoms with Crippen LogP contribution in [0.2, 0.25) is 0 Å². The predicted octanol–water partition coefficient (Wildman–Crippen LogP) is 4.60. The molecule has 0 radical (unpaired) electrons. The minimum Gasteiger partial charge on any atom is -0.485 e. The molecule has 4 nitrogen and oxygen atoms in total. The van der Waals surface area contributed by atoms with Crippen LogP contribution in [0.1, 0.15) is 17.0 Å². The second-order valence-corrected chi connectivity index (χ2v) is 7.24. The maximum Gasteiger partial charge on any atom is 0.146 e. The van der Waals surface area contributed by atoms with Gasteiger partial charge in [-0.1, -0.05) is 12.1 Å². The fourth-order valence-electron chi connectivity index (χ4n) is 2.16. The van der Waals surface area contributed by atoms with E-state index in [1.165, 1.54) is 0 Å². The number of aromatic nitrogens is 2. The Morgan fingerprint density at radius 3 is 2.30 bits per heavy atom. The van der Waals surface area contributed by atoms with Gasteiger partial charge in [0.15, 0.2) is 0 Å². The van der Waals surface area contributed by atoms with Crippen molar-refractivity contribution in [2.75, 3.05) is 0 Å². The van der Waals surface area contributed by atoms with Crippen LogP contribution in [0.5, 0.6) is 5.75 Å². The Labute approximate surface area is 161 Å². The summed E-state index contributed by atoms with van der Waals surface area (Å²) < 4.78 is 7.78. The number of hydrogen-bond acceptors (Lipinski definition) is 4. The number of benzene rings is 2. The summed E-state index contributed by atoms with van der Waals surface area (Å²) in [5.74, 6) is 0.777. The van der Waals surface area contributed by atoms with E-state index in [9.17, 15) is 0 Å². The number of halogens is 2. The van der Waals surface area contributed by atoms with Crippen LogP contribution in [0.4, 0.5) is 0 Å². The lowest BCUT2D eigenvalue weighted by Gasteiger charge is -2.12. The zero-order chi connectivity index (χ0) is 16.4. The first-order valence-corrected chi connectivity index (χ1v) is 8.98. The molecule has 6 heteroatoms. The Bertz CT molecular complexity index is 912. The van der Waals surface area contributed by atoms with Crippen molar-refractivity contribution in [2.24, 2.45) is 0 Å². The molecule has 0 spiro atoms. The van der Waals surface area contributed by atoms with Crippen molar-refractivity contribution in [3.8, 4) is 11.8 Å². The van der Waals surface area contributed by atoms with Gasteiger partial charge in [-0.3, -0.25) is 0 Å². The lowest BCUT2D eigenvalue weighted by molar-refractivity contribution is 0.296. The average Bonchev–Trinajstić information content (AvgIpc) is 2.54. The summed E-state index contributed by atoms with van der Waals surface area (Å²) in [5, 5.41) is 9.01. The van der Waals surface area contributed by atoms with E-state index in [1.54, 1.807) is 0 Å². The third-order valence-corrected chi connectivity index (χ3v) is 4.93.